The Morgan fingerprint density at radius 2 is 2.00 bits per heavy atom. The van der Waals surface area contributed by atoms with Crippen molar-refractivity contribution in [3.8, 4) is 0 Å². The molecule has 2 rings (SSSR count). The lowest BCUT2D eigenvalue weighted by atomic mass is 9.86. The Labute approximate surface area is 132 Å². The maximum absolute atomic E-state index is 12.3. The summed E-state index contributed by atoms with van der Waals surface area (Å²) in [6.45, 7) is 5.02. The number of nitrogens with one attached hydrogen (secondary N) is 1. The summed E-state index contributed by atoms with van der Waals surface area (Å²) in [5.74, 6) is 0.460. The minimum Gasteiger partial charge on any atom is -0.375 e. The van der Waals surface area contributed by atoms with E-state index in [1.165, 1.54) is 0 Å². The number of carbonyl (C=O) groups excluding carboxylic acids is 1. The van der Waals surface area contributed by atoms with Gasteiger partial charge in [0.05, 0.1) is 5.60 Å². The van der Waals surface area contributed by atoms with Crippen LogP contribution in [0.2, 0.25) is 0 Å². The molecule has 1 aromatic carbocycles. The van der Waals surface area contributed by atoms with Gasteiger partial charge in [0.25, 0.3) is 5.91 Å². The molecule has 0 radical (unpaired) electrons. The van der Waals surface area contributed by atoms with E-state index in [4.69, 9.17) is 16.3 Å². The molecule has 1 aromatic rings. The average molecular weight is 310 g/mol. The number of rotatable bonds is 5. The first kappa shape index (κ1) is 16.3. The van der Waals surface area contributed by atoms with E-state index in [9.17, 15) is 4.79 Å². The van der Waals surface area contributed by atoms with Crippen LogP contribution in [0.25, 0.3) is 0 Å². The molecular formula is C17H24ClNO2. The second kappa shape index (κ2) is 7.28. The van der Waals surface area contributed by atoms with Crippen LogP contribution < -0.4 is 5.32 Å². The molecule has 1 fully saturated rings. The molecule has 0 aromatic heterocycles. The van der Waals surface area contributed by atoms with E-state index < -0.39 is 0 Å². The van der Waals surface area contributed by atoms with Crippen molar-refractivity contribution < 1.29 is 9.53 Å². The first-order valence-corrected chi connectivity index (χ1v) is 8.25. The third-order valence-electron chi connectivity index (χ3n) is 4.49. The molecule has 0 aliphatic carbocycles. The highest BCUT2D eigenvalue weighted by Gasteiger charge is 2.35. The topological polar surface area (TPSA) is 38.3 Å². The van der Waals surface area contributed by atoms with E-state index >= 15 is 0 Å². The standard InChI is InChI=1S/C17H24ClNO2/c1-3-17(4-2)11-15(9-10-21-17)19-16(20)14-7-5-13(12-18)6-8-14/h5-8,15H,3-4,9-12H2,1-2H3,(H,19,20). The van der Waals surface area contributed by atoms with Crippen LogP contribution in [0.4, 0.5) is 0 Å². The summed E-state index contributed by atoms with van der Waals surface area (Å²) >= 11 is 5.76. The predicted octanol–water partition coefficient (Wildman–Crippen LogP) is 3.89. The average Bonchev–Trinajstić information content (AvgIpc) is 2.55. The van der Waals surface area contributed by atoms with Crippen molar-refractivity contribution in [3.05, 3.63) is 35.4 Å². The van der Waals surface area contributed by atoms with Crippen LogP contribution in [0.5, 0.6) is 0 Å². The molecule has 1 atom stereocenters. The van der Waals surface area contributed by atoms with Crippen LogP contribution in [0, 0.1) is 0 Å². The second-order valence-electron chi connectivity index (χ2n) is 5.73. The molecule has 0 saturated carbocycles. The third-order valence-corrected chi connectivity index (χ3v) is 4.80. The minimum absolute atomic E-state index is 0.0101. The van der Waals surface area contributed by atoms with E-state index in [0.29, 0.717) is 11.4 Å². The van der Waals surface area contributed by atoms with Gasteiger partial charge in [-0.1, -0.05) is 26.0 Å². The van der Waals surface area contributed by atoms with E-state index in [-0.39, 0.29) is 17.6 Å². The van der Waals surface area contributed by atoms with Gasteiger partial charge >= 0.3 is 0 Å². The van der Waals surface area contributed by atoms with Gasteiger partial charge in [0.15, 0.2) is 0 Å². The van der Waals surface area contributed by atoms with E-state index in [0.717, 1.165) is 37.9 Å². The summed E-state index contributed by atoms with van der Waals surface area (Å²) in [5, 5.41) is 3.14. The fourth-order valence-electron chi connectivity index (χ4n) is 2.91. The summed E-state index contributed by atoms with van der Waals surface area (Å²) < 4.78 is 5.95. The number of alkyl halides is 1. The number of hydrogen-bond acceptors (Lipinski definition) is 2. The molecule has 4 heteroatoms. The molecule has 1 amide bonds. The number of amides is 1. The monoisotopic (exact) mass is 309 g/mol. The van der Waals surface area contributed by atoms with Crippen LogP contribution in [0.3, 0.4) is 0 Å². The Morgan fingerprint density at radius 3 is 2.57 bits per heavy atom. The van der Waals surface area contributed by atoms with Crippen molar-refractivity contribution in [1.82, 2.24) is 5.32 Å². The number of halogens is 1. The van der Waals surface area contributed by atoms with Crippen molar-refractivity contribution in [3.63, 3.8) is 0 Å². The maximum atomic E-state index is 12.3. The Morgan fingerprint density at radius 1 is 1.33 bits per heavy atom. The SMILES string of the molecule is CCC1(CC)CC(NC(=O)c2ccc(CCl)cc2)CCO1. The molecule has 21 heavy (non-hydrogen) atoms. The van der Waals surface area contributed by atoms with Crippen molar-refractivity contribution in [2.75, 3.05) is 6.61 Å². The van der Waals surface area contributed by atoms with Crippen LogP contribution in [0.15, 0.2) is 24.3 Å². The number of hydrogen-bond donors (Lipinski definition) is 1. The molecule has 1 N–H and O–H groups in total. The van der Waals surface area contributed by atoms with Gasteiger partial charge in [0, 0.05) is 24.1 Å². The molecule has 1 aliphatic rings. The Bertz CT molecular complexity index is 468. The van der Waals surface area contributed by atoms with Crippen LogP contribution >= 0.6 is 11.6 Å². The molecule has 3 nitrogen and oxygen atoms in total. The molecular weight excluding hydrogens is 286 g/mol. The molecule has 1 heterocycles. The number of carbonyl (C=O) groups is 1. The molecule has 1 unspecified atom stereocenters. The lowest BCUT2D eigenvalue weighted by Crippen LogP contribution is -2.48. The summed E-state index contributed by atoms with van der Waals surface area (Å²) in [5.41, 5.74) is 1.64. The third kappa shape index (κ3) is 3.98. The highest BCUT2D eigenvalue weighted by Crippen LogP contribution is 2.31. The van der Waals surface area contributed by atoms with Gasteiger partial charge in [-0.2, -0.15) is 0 Å². The van der Waals surface area contributed by atoms with Gasteiger partial charge in [-0.3, -0.25) is 4.79 Å². The van der Waals surface area contributed by atoms with Crippen LogP contribution in [0.1, 0.15) is 55.5 Å². The van der Waals surface area contributed by atoms with Crippen LogP contribution in [-0.2, 0) is 10.6 Å². The summed E-state index contributed by atoms with van der Waals surface area (Å²) in [7, 11) is 0. The molecule has 0 spiro atoms. The number of benzene rings is 1. The smallest absolute Gasteiger partial charge is 0.251 e. The van der Waals surface area contributed by atoms with Gasteiger partial charge in [0.1, 0.15) is 0 Å². The van der Waals surface area contributed by atoms with Crippen molar-refractivity contribution in [2.45, 2.75) is 57.1 Å². The molecule has 1 saturated heterocycles. The Kier molecular flexibility index (Phi) is 5.65. The first-order chi connectivity index (χ1) is 10.1. The van der Waals surface area contributed by atoms with E-state index in [1.54, 1.807) is 0 Å². The lowest BCUT2D eigenvalue weighted by molar-refractivity contribution is -0.0917. The highest BCUT2D eigenvalue weighted by atomic mass is 35.5. The number of ether oxygens (including phenoxy) is 1. The summed E-state index contributed by atoms with van der Waals surface area (Å²) in [4.78, 5) is 12.3. The quantitative estimate of drug-likeness (QED) is 0.838. The Balaban J connectivity index is 1.98. The summed E-state index contributed by atoms with van der Waals surface area (Å²) in [6.07, 6.45) is 3.75. The van der Waals surface area contributed by atoms with Crippen molar-refractivity contribution in [2.24, 2.45) is 0 Å². The predicted molar refractivity (Wildman–Crippen MR) is 85.8 cm³/mol. The van der Waals surface area contributed by atoms with Gasteiger partial charge in [-0.15, -0.1) is 11.6 Å². The molecule has 1 aliphatic heterocycles. The van der Waals surface area contributed by atoms with Crippen LogP contribution in [-0.4, -0.2) is 24.2 Å². The lowest BCUT2D eigenvalue weighted by Gasteiger charge is -2.40. The van der Waals surface area contributed by atoms with Gasteiger partial charge in [0.2, 0.25) is 0 Å². The largest absolute Gasteiger partial charge is 0.375 e. The van der Waals surface area contributed by atoms with Gasteiger partial charge in [-0.25, -0.2) is 0 Å². The maximum Gasteiger partial charge on any atom is 0.251 e. The molecule has 0 bridgehead atoms. The second-order valence-corrected chi connectivity index (χ2v) is 6.00. The first-order valence-electron chi connectivity index (χ1n) is 7.72. The minimum atomic E-state index is -0.0708. The zero-order chi connectivity index (χ0) is 15.3. The Hall–Kier alpha value is -1.06. The normalized spacial score (nSPS) is 21.0. The van der Waals surface area contributed by atoms with Crippen molar-refractivity contribution >= 4 is 17.5 Å². The molecule has 116 valence electrons. The zero-order valence-electron chi connectivity index (χ0n) is 12.8. The fourth-order valence-corrected chi connectivity index (χ4v) is 3.09. The summed E-state index contributed by atoms with van der Waals surface area (Å²) in [6, 6.07) is 7.65. The highest BCUT2D eigenvalue weighted by molar-refractivity contribution is 6.17. The van der Waals surface area contributed by atoms with Crippen molar-refractivity contribution in [1.29, 1.82) is 0 Å². The van der Waals surface area contributed by atoms with Gasteiger partial charge < -0.3 is 10.1 Å². The zero-order valence-corrected chi connectivity index (χ0v) is 13.6. The van der Waals surface area contributed by atoms with E-state index in [2.05, 4.69) is 19.2 Å². The fraction of sp³-hybridized carbons (Fsp3) is 0.588. The van der Waals surface area contributed by atoms with E-state index in [1.807, 2.05) is 24.3 Å². The van der Waals surface area contributed by atoms with Gasteiger partial charge in [-0.05, 0) is 43.4 Å².